The number of hydrogen-bond acceptors (Lipinski definition) is 4. The number of nitrogen functional groups attached to an aromatic ring is 1. The quantitative estimate of drug-likeness (QED) is 0.388. The first-order valence-electron chi connectivity index (χ1n) is 5.48. The van der Waals surface area contributed by atoms with Crippen molar-refractivity contribution in [3.05, 3.63) is 61.7 Å². The zero-order valence-corrected chi connectivity index (χ0v) is 12.0. The lowest BCUT2D eigenvalue weighted by Crippen LogP contribution is -2.00. The van der Waals surface area contributed by atoms with Crippen molar-refractivity contribution in [2.75, 3.05) is 5.73 Å². The highest BCUT2D eigenvalue weighted by Gasteiger charge is 2.12. The molecule has 0 unspecified atom stereocenters. The molecular formula is C13H11IN2O3. The minimum Gasteiger partial charge on any atom is -0.488 e. The molecular weight excluding hydrogens is 359 g/mol. The summed E-state index contributed by atoms with van der Waals surface area (Å²) in [6.45, 7) is 0.265. The van der Waals surface area contributed by atoms with Crippen LogP contribution in [0.2, 0.25) is 0 Å². The van der Waals surface area contributed by atoms with Gasteiger partial charge in [0.25, 0.3) is 5.69 Å². The summed E-state index contributed by atoms with van der Waals surface area (Å²) in [5.41, 5.74) is 6.31. The van der Waals surface area contributed by atoms with Crippen molar-refractivity contribution in [3.63, 3.8) is 0 Å². The van der Waals surface area contributed by atoms with Gasteiger partial charge in [-0.1, -0.05) is 18.2 Å². The van der Waals surface area contributed by atoms with Gasteiger partial charge in [0.2, 0.25) is 0 Å². The molecule has 2 rings (SSSR count). The Labute approximate surface area is 123 Å². The summed E-state index contributed by atoms with van der Waals surface area (Å²) in [5.74, 6) is 0.752. The topological polar surface area (TPSA) is 78.4 Å². The Hall–Kier alpha value is -1.83. The van der Waals surface area contributed by atoms with Gasteiger partial charge in [0.05, 0.1) is 8.49 Å². The van der Waals surface area contributed by atoms with Crippen LogP contribution in [0.15, 0.2) is 42.5 Å². The highest BCUT2D eigenvalue weighted by atomic mass is 127. The number of halogens is 1. The van der Waals surface area contributed by atoms with Crippen molar-refractivity contribution in [2.45, 2.75) is 6.61 Å². The molecule has 0 fully saturated rings. The van der Waals surface area contributed by atoms with Gasteiger partial charge < -0.3 is 10.5 Å². The Kier molecular flexibility index (Phi) is 4.20. The molecule has 2 N–H and O–H groups in total. The van der Waals surface area contributed by atoms with E-state index in [1.54, 1.807) is 6.07 Å². The summed E-state index contributed by atoms with van der Waals surface area (Å²) in [6, 6.07) is 12.3. The summed E-state index contributed by atoms with van der Waals surface area (Å²) >= 11 is 2.17. The first kappa shape index (κ1) is 13.6. The fourth-order valence-electron chi connectivity index (χ4n) is 1.56. The van der Waals surface area contributed by atoms with Gasteiger partial charge in [-0.25, -0.2) is 0 Å². The molecule has 2 aromatic rings. The molecule has 0 atom stereocenters. The van der Waals surface area contributed by atoms with Crippen LogP contribution in [0.4, 0.5) is 11.4 Å². The first-order chi connectivity index (χ1) is 9.08. The van der Waals surface area contributed by atoms with Crippen molar-refractivity contribution in [2.24, 2.45) is 0 Å². The number of nitro groups is 1. The number of rotatable bonds is 4. The van der Waals surface area contributed by atoms with Crippen molar-refractivity contribution in [1.29, 1.82) is 0 Å². The Morgan fingerprint density at radius 1 is 1.26 bits per heavy atom. The van der Waals surface area contributed by atoms with Gasteiger partial charge in [-0.05, 0) is 46.4 Å². The predicted molar refractivity (Wildman–Crippen MR) is 81.0 cm³/mol. The van der Waals surface area contributed by atoms with E-state index < -0.39 is 4.92 Å². The van der Waals surface area contributed by atoms with Crippen LogP contribution >= 0.6 is 22.6 Å². The largest absolute Gasteiger partial charge is 0.488 e. The van der Waals surface area contributed by atoms with E-state index in [4.69, 9.17) is 10.5 Å². The van der Waals surface area contributed by atoms with E-state index in [-0.39, 0.29) is 18.0 Å². The molecule has 0 spiro atoms. The molecule has 98 valence electrons. The molecule has 0 saturated heterocycles. The highest BCUT2D eigenvalue weighted by molar-refractivity contribution is 14.1. The molecule has 0 aromatic heterocycles. The Bertz CT molecular complexity index is 617. The molecule has 6 heteroatoms. The van der Waals surface area contributed by atoms with Gasteiger partial charge >= 0.3 is 0 Å². The third kappa shape index (κ3) is 3.34. The van der Waals surface area contributed by atoms with Crippen LogP contribution in [0.1, 0.15) is 5.56 Å². The molecule has 0 saturated carbocycles. The summed E-state index contributed by atoms with van der Waals surface area (Å²) in [5, 5.41) is 10.8. The van der Waals surface area contributed by atoms with Crippen LogP contribution in [-0.4, -0.2) is 4.92 Å². The maximum absolute atomic E-state index is 10.8. The maximum atomic E-state index is 10.8. The van der Waals surface area contributed by atoms with E-state index in [2.05, 4.69) is 22.6 Å². The van der Waals surface area contributed by atoms with Gasteiger partial charge in [0, 0.05) is 6.07 Å². The Balaban J connectivity index is 2.14. The van der Waals surface area contributed by atoms with Crippen molar-refractivity contribution in [3.8, 4) is 5.75 Å². The molecule has 19 heavy (non-hydrogen) atoms. The fraction of sp³-hybridized carbons (Fsp3) is 0.0769. The van der Waals surface area contributed by atoms with Crippen molar-refractivity contribution >= 4 is 34.0 Å². The molecule has 5 nitrogen and oxygen atoms in total. The first-order valence-corrected chi connectivity index (χ1v) is 6.56. The minimum absolute atomic E-state index is 0.0936. The summed E-state index contributed by atoms with van der Waals surface area (Å²) in [6.07, 6.45) is 0. The van der Waals surface area contributed by atoms with Crippen LogP contribution in [-0.2, 0) is 6.61 Å². The standard InChI is InChI=1S/C13H11IN2O3/c14-10-3-1-2-4-13(10)19-8-9-5-6-11(15)12(7-9)16(17)18/h1-7H,8,15H2. The lowest BCUT2D eigenvalue weighted by atomic mass is 10.2. The average Bonchev–Trinajstić information content (AvgIpc) is 2.39. The number of nitrogens with zero attached hydrogens (tertiary/aromatic N) is 1. The monoisotopic (exact) mass is 370 g/mol. The van der Waals surface area contributed by atoms with E-state index in [0.717, 1.165) is 9.32 Å². The molecule has 0 bridgehead atoms. The number of nitrogens with two attached hydrogens (primary N) is 1. The lowest BCUT2D eigenvalue weighted by molar-refractivity contribution is -0.384. The number of nitro benzene ring substituents is 1. The fourth-order valence-corrected chi connectivity index (χ4v) is 2.10. The van der Waals surface area contributed by atoms with Gasteiger partial charge in [-0.3, -0.25) is 10.1 Å². The van der Waals surface area contributed by atoms with E-state index in [1.165, 1.54) is 12.1 Å². The van der Waals surface area contributed by atoms with Crippen LogP contribution in [0.5, 0.6) is 5.75 Å². The summed E-state index contributed by atoms with van der Waals surface area (Å²) in [4.78, 5) is 10.3. The number of para-hydroxylation sites is 1. The zero-order chi connectivity index (χ0) is 13.8. The maximum Gasteiger partial charge on any atom is 0.292 e. The molecule has 0 heterocycles. The predicted octanol–water partition coefficient (Wildman–Crippen LogP) is 3.36. The van der Waals surface area contributed by atoms with E-state index in [1.807, 2.05) is 24.3 Å². The number of hydrogen-bond donors (Lipinski definition) is 1. The second-order valence-electron chi connectivity index (χ2n) is 3.87. The average molecular weight is 370 g/mol. The van der Waals surface area contributed by atoms with Crippen molar-refractivity contribution < 1.29 is 9.66 Å². The highest BCUT2D eigenvalue weighted by Crippen LogP contribution is 2.24. The zero-order valence-electron chi connectivity index (χ0n) is 9.88. The molecule has 0 amide bonds. The minimum atomic E-state index is -0.495. The van der Waals surface area contributed by atoms with Crippen molar-refractivity contribution in [1.82, 2.24) is 0 Å². The third-order valence-corrected chi connectivity index (χ3v) is 3.41. The Morgan fingerprint density at radius 3 is 2.68 bits per heavy atom. The van der Waals surface area contributed by atoms with E-state index in [0.29, 0.717) is 5.56 Å². The molecule has 0 aliphatic heterocycles. The SMILES string of the molecule is Nc1ccc(COc2ccccc2I)cc1[N+](=O)[O-]. The van der Waals surface area contributed by atoms with Crippen LogP contribution < -0.4 is 10.5 Å². The van der Waals surface area contributed by atoms with Crippen LogP contribution in [0.3, 0.4) is 0 Å². The lowest BCUT2D eigenvalue weighted by Gasteiger charge is -2.08. The van der Waals surface area contributed by atoms with Crippen LogP contribution in [0.25, 0.3) is 0 Å². The number of anilines is 1. The molecule has 0 radical (unpaired) electrons. The van der Waals surface area contributed by atoms with Gasteiger partial charge in [0.1, 0.15) is 18.0 Å². The molecule has 2 aromatic carbocycles. The summed E-state index contributed by atoms with van der Waals surface area (Å²) in [7, 11) is 0. The van der Waals surface area contributed by atoms with Crippen LogP contribution in [0, 0.1) is 13.7 Å². The summed E-state index contributed by atoms with van der Waals surface area (Å²) < 4.78 is 6.62. The second-order valence-corrected chi connectivity index (χ2v) is 5.03. The van der Waals surface area contributed by atoms with Gasteiger partial charge in [0.15, 0.2) is 0 Å². The van der Waals surface area contributed by atoms with Gasteiger partial charge in [-0.15, -0.1) is 0 Å². The van der Waals surface area contributed by atoms with Gasteiger partial charge in [-0.2, -0.15) is 0 Å². The second kappa shape index (κ2) is 5.87. The van der Waals surface area contributed by atoms with E-state index >= 15 is 0 Å². The normalized spacial score (nSPS) is 10.2. The molecule has 0 aliphatic rings. The molecule has 0 aliphatic carbocycles. The smallest absolute Gasteiger partial charge is 0.292 e. The number of benzene rings is 2. The number of ether oxygens (including phenoxy) is 1. The van der Waals surface area contributed by atoms with E-state index in [9.17, 15) is 10.1 Å². The third-order valence-electron chi connectivity index (χ3n) is 2.52. The Morgan fingerprint density at radius 2 is 2.00 bits per heavy atom.